The van der Waals surface area contributed by atoms with Crippen molar-refractivity contribution in [1.29, 1.82) is 0 Å². The van der Waals surface area contributed by atoms with Crippen LogP contribution in [0.2, 0.25) is 0 Å². The molecule has 1 aromatic heterocycles. The van der Waals surface area contributed by atoms with Crippen molar-refractivity contribution in [1.82, 2.24) is 10.2 Å². The van der Waals surface area contributed by atoms with Crippen LogP contribution in [-0.2, 0) is 16.0 Å². The number of hydrogen-bond donors (Lipinski definition) is 2. The molecule has 7 heteroatoms. The Morgan fingerprint density at radius 3 is 2.58 bits per heavy atom. The molecule has 26 heavy (non-hydrogen) atoms. The van der Waals surface area contributed by atoms with Gasteiger partial charge in [-0.15, -0.1) is 0 Å². The van der Waals surface area contributed by atoms with Crippen LogP contribution < -0.4 is 5.32 Å². The number of carboxylic acids is 1. The first kappa shape index (κ1) is 17.7. The van der Waals surface area contributed by atoms with Gasteiger partial charge in [0.25, 0.3) is 5.91 Å². The Labute approximate surface area is 150 Å². The lowest BCUT2D eigenvalue weighted by Crippen LogP contribution is -2.49. The lowest BCUT2D eigenvalue weighted by Gasteiger charge is -2.24. The number of likely N-dealkylation sites (tertiary alicyclic amines) is 1. The van der Waals surface area contributed by atoms with E-state index in [9.17, 15) is 14.4 Å². The SMILES string of the molecule is O=C(NC(Cc1ccccc1)C(=O)N1CCC(C(=O)O)C1)c1ccco1. The number of hydrogen-bond acceptors (Lipinski definition) is 4. The summed E-state index contributed by atoms with van der Waals surface area (Å²) < 4.78 is 5.09. The van der Waals surface area contributed by atoms with Crippen molar-refractivity contribution in [3.05, 3.63) is 60.1 Å². The van der Waals surface area contributed by atoms with Gasteiger partial charge in [0.2, 0.25) is 5.91 Å². The molecule has 1 aliphatic heterocycles. The largest absolute Gasteiger partial charge is 0.481 e. The quantitative estimate of drug-likeness (QED) is 0.818. The average molecular weight is 356 g/mol. The van der Waals surface area contributed by atoms with E-state index in [1.165, 1.54) is 17.2 Å². The van der Waals surface area contributed by atoms with Gasteiger partial charge in [0.15, 0.2) is 5.76 Å². The Bertz CT molecular complexity index is 772. The Kier molecular flexibility index (Phi) is 5.36. The number of nitrogens with one attached hydrogen (secondary N) is 1. The van der Waals surface area contributed by atoms with Crippen molar-refractivity contribution in [2.75, 3.05) is 13.1 Å². The number of carbonyl (C=O) groups is 3. The maximum atomic E-state index is 12.9. The smallest absolute Gasteiger partial charge is 0.308 e. The molecule has 1 saturated heterocycles. The number of nitrogens with zero attached hydrogens (tertiary/aromatic N) is 1. The van der Waals surface area contributed by atoms with E-state index in [2.05, 4.69) is 5.32 Å². The van der Waals surface area contributed by atoms with E-state index in [1.807, 2.05) is 30.3 Å². The van der Waals surface area contributed by atoms with Crippen LogP contribution in [-0.4, -0.2) is 46.9 Å². The third-order valence-electron chi connectivity index (χ3n) is 4.48. The highest BCUT2D eigenvalue weighted by molar-refractivity contribution is 5.95. The number of aliphatic carboxylic acids is 1. The third-order valence-corrected chi connectivity index (χ3v) is 4.48. The van der Waals surface area contributed by atoms with Gasteiger partial charge >= 0.3 is 5.97 Å². The van der Waals surface area contributed by atoms with E-state index in [0.717, 1.165) is 5.56 Å². The van der Waals surface area contributed by atoms with E-state index in [1.54, 1.807) is 6.07 Å². The Morgan fingerprint density at radius 1 is 1.19 bits per heavy atom. The molecule has 2 atom stereocenters. The predicted molar refractivity (Wildman–Crippen MR) is 92.4 cm³/mol. The zero-order valence-corrected chi connectivity index (χ0v) is 14.1. The number of rotatable bonds is 6. The van der Waals surface area contributed by atoms with E-state index in [4.69, 9.17) is 9.52 Å². The van der Waals surface area contributed by atoms with Crippen molar-refractivity contribution in [2.45, 2.75) is 18.9 Å². The summed E-state index contributed by atoms with van der Waals surface area (Å²) in [5, 5.41) is 11.9. The van der Waals surface area contributed by atoms with Gasteiger partial charge in [-0.3, -0.25) is 14.4 Å². The molecule has 1 fully saturated rings. The molecule has 7 nitrogen and oxygen atoms in total. The van der Waals surface area contributed by atoms with Crippen molar-refractivity contribution in [3.8, 4) is 0 Å². The molecule has 136 valence electrons. The van der Waals surface area contributed by atoms with Crippen LogP contribution in [0.5, 0.6) is 0 Å². The molecule has 0 aliphatic carbocycles. The fourth-order valence-corrected chi connectivity index (χ4v) is 3.07. The van der Waals surface area contributed by atoms with Gasteiger partial charge in [-0.2, -0.15) is 0 Å². The Balaban J connectivity index is 1.74. The molecule has 2 amide bonds. The number of carbonyl (C=O) groups excluding carboxylic acids is 2. The van der Waals surface area contributed by atoms with Crippen molar-refractivity contribution in [3.63, 3.8) is 0 Å². The summed E-state index contributed by atoms with van der Waals surface area (Å²) in [5.74, 6) is -2.09. The molecule has 1 aliphatic rings. The fourth-order valence-electron chi connectivity index (χ4n) is 3.07. The summed E-state index contributed by atoms with van der Waals surface area (Å²) in [7, 11) is 0. The maximum Gasteiger partial charge on any atom is 0.308 e. The minimum Gasteiger partial charge on any atom is -0.481 e. The number of benzene rings is 1. The van der Waals surface area contributed by atoms with E-state index in [-0.39, 0.29) is 18.2 Å². The van der Waals surface area contributed by atoms with E-state index in [0.29, 0.717) is 19.4 Å². The van der Waals surface area contributed by atoms with Crippen LogP contribution in [0.1, 0.15) is 22.5 Å². The standard InChI is InChI=1S/C19H20N2O5/c22-17(16-7-4-10-26-16)20-15(11-13-5-2-1-3-6-13)18(23)21-9-8-14(12-21)19(24)25/h1-7,10,14-15H,8-9,11-12H2,(H,20,22)(H,24,25). The molecule has 0 bridgehead atoms. The molecule has 2 N–H and O–H groups in total. The summed E-state index contributed by atoms with van der Waals surface area (Å²) in [4.78, 5) is 37.9. The van der Waals surface area contributed by atoms with Crippen LogP contribution >= 0.6 is 0 Å². The first-order valence-electron chi connectivity index (χ1n) is 8.44. The van der Waals surface area contributed by atoms with Crippen LogP contribution in [0.15, 0.2) is 53.1 Å². The molecular formula is C19H20N2O5. The summed E-state index contributed by atoms with van der Waals surface area (Å²) in [6.07, 6.45) is 2.13. The highest BCUT2D eigenvalue weighted by atomic mass is 16.4. The first-order chi connectivity index (χ1) is 12.5. The van der Waals surface area contributed by atoms with Gasteiger partial charge in [0.05, 0.1) is 12.2 Å². The molecule has 2 heterocycles. The molecule has 0 saturated carbocycles. The second-order valence-electron chi connectivity index (χ2n) is 6.30. The summed E-state index contributed by atoms with van der Waals surface area (Å²) in [6.45, 7) is 0.536. The second kappa shape index (κ2) is 7.86. The van der Waals surface area contributed by atoms with Gasteiger partial charge in [-0.1, -0.05) is 30.3 Å². The molecular weight excluding hydrogens is 336 g/mol. The minimum atomic E-state index is -0.903. The van der Waals surface area contributed by atoms with Gasteiger partial charge in [0.1, 0.15) is 6.04 Å². The van der Waals surface area contributed by atoms with E-state index >= 15 is 0 Å². The molecule has 3 rings (SSSR count). The Morgan fingerprint density at radius 2 is 1.96 bits per heavy atom. The normalized spacial score (nSPS) is 17.7. The maximum absolute atomic E-state index is 12.9. The highest BCUT2D eigenvalue weighted by Crippen LogP contribution is 2.18. The topological polar surface area (TPSA) is 99.9 Å². The zero-order chi connectivity index (χ0) is 18.5. The minimum absolute atomic E-state index is 0.126. The van der Waals surface area contributed by atoms with Gasteiger partial charge in [-0.05, 0) is 24.1 Å². The van der Waals surface area contributed by atoms with Crippen LogP contribution in [0.3, 0.4) is 0 Å². The van der Waals surface area contributed by atoms with Gasteiger partial charge in [-0.25, -0.2) is 0 Å². The average Bonchev–Trinajstić information content (AvgIpc) is 3.33. The van der Waals surface area contributed by atoms with Crippen molar-refractivity contribution >= 4 is 17.8 Å². The molecule has 1 aromatic carbocycles. The third kappa shape index (κ3) is 4.11. The van der Waals surface area contributed by atoms with Crippen molar-refractivity contribution in [2.24, 2.45) is 5.92 Å². The van der Waals surface area contributed by atoms with Gasteiger partial charge < -0.3 is 19.7 Å². The predicted octanol–water partition coefficient (Wildman–Crippen LogP) is 1.55. The van der Waals surface area contributed by atoms with Crippen LogP contribution in [0, 0.1) is 5.92 Å². The molecule has 2 unspecified atom stereocenters. The number of amides is 2. The van der Waals surface area contributed by atoms with Gasteiger partial charge in [0, 0.05) is 19.5 Å². The lowest BCUT2D eigenvalue weighted by molar-refractivity contribution is -0.141. The highest BCUT2D eigenvalue weighted by Gasteiger charge is 2.35. The Hall–Kier alpha value is -3.09. The van der Waals surface area contributed by atoms with Crippen molar-refractivity contribution < 1.29 is 23.9 Å². The molecule has 0 radical (unpaired) electrons. The summed E-state index contributed by atoms with van der Waals surface area (Å²) in [6, 6.07) is 11.7. The molecule has 0 spiro atoms. The number of carboxylic acid groups (broad SMARTS) is 1. The first-order valence-corrected chi connectivity index (χ1v) is 8.44. The summed E-state index contributed by atoms with van der Waals surface area (Å²) in [5.41, 5.74) is 0.902. The molecule has 2 aromatic rings. The van der Waals surface area contributed by atoms with Crippen LogP contribution in [0.4, 0.5) is 0 Å². The lowest BCUT2D eigenvalue weighted by atomic mass is 10.0. The van der Waals surface area contributed by atoms with E-state index < -0.39 is 23.8 Å². The summed E-state index contributed by atoms with van der Waals surface area (Å²) >= 11 is 0. The zero-order valence-electron chi connectivity index (χ0n) is 14.1. The van der Waals surface area contributed by atoms with Crippen LogP contribution in [0.25, 0.3) is 0 Å². The number of furan rings is 1. The monoisotopic (exact) mass is 356 g/mol. The fraction of sp³-hybridized carbons (Fsp3) is 0.316. The second-order valence-corrected chi connectivity index (χ2v) is 6.30.